The van der Waals surface area contributed by atoms with E-state index in [9.17, 15) is 9.59 Å². The minimum atomic E-state index is -0.586. The number of rotatable bonds is 9. The number of amides is 1. The second kappa shape index (κ2) is 11.5. The summed E-state index contributed by atoms with van der Waals surface area (Å²) < 4.78 is 4.77. The van der Waals surface area contributed by atoms with E-state index in [2.05, 4.69) is 5.32 Å². The van der Waals surface area contributed by atoms with E-state index in [0.717, 1.165) is 24.0 Å². The maximum atomic E-state index is 12.9. The lowest BCUT2D eigenvalue weighted by Crippen LogP contribution is -2.37. The second-order valence-corrected chi connectivity index (χ2v) is 6.42. The highest BCUT2D eigenvalue weighted by atomic mass is 16.5. The Hall–Kier alpha value is -3.14. The highest BCUT2D eigenvalue weighted by Gasteiger charge is 2.21. The van der Waals surface area contributed by atoms with Gasteiger partial charge in [-0.05, 0) is 23.6 Å². The van der Waals surface area contributed by atoms with E-state index in [1.54, 1.807) is 0 Å². The smallest absolute Gasteiger partial charge is 0.407 e. The topological polar surface area (TPSA) is 55.4 Å². The van der Waals surface area contributed by atoms with Crippen molar-refractivity contribution in [3.05, 3.63) is 83.4 Å². The Morgan fingerprint density at radius 1 is 1.00 bits per heavy atom. The standard InChI is InChI=1S/C24H27NO3/c1-3-4-15-23(26)21(18-20-13-9-6-10-14-20)22(25-24(27)28-2)17-16-19-11-7-5-8-12-19/h5-14,16-18,22H,3-4,15H2,1-2H3,(H,25,27)/b17-16+,21-18+. The molecule has 4 heteroatoms. The van der Waals surface area contributed by atoms with Gasteiger partial charge in [-0.3, -0.25) is 4.79 Å². The molecule has 0 saturated carbocycles. The monoisotopic (exact) mass is 377 g/mol. The van der Waals surface area contributed by atoms with Crippen LogP contribution >= 0.6 is 0 Å². The average molecular weight is 377 g/mol. The third-order valence-electron chi connectivity index (χ3n) is 4.28. The van der Waals surface area contributed by atoms with Crippen molar-refractivity contribution in [1.29, 1.82) is 0 Å². The van der Waals surface area contributed by atoms with Crippen LogP contribution in [0.3, 0.4) is 0 Å². The molecule has 28 heavy (non-hydrogen) atoms. The molecule has 1 N–H and O–H groups in total. The molecule has 0 fully saturated rings. The molecule has 0 aliphatic heterocycles. The first-order valence-corrected chi connectivity index (χ1v) is 9.51. The Kier molecular flexibility index (Phi) is 8.73. The van der Waals surface area contributed by atoms with Gasteiger partial charge < -0.3 is 10.1 Å². The van der Waals surface area contributed by atoms with Crippen LogP contribution < -0.4 is 5.32 Å². The zero-order chi connectivity index (χ0) is 20.2. The summed E-state index contributed by atoms with van der Waals surface area (Å²) in [7, 11) is 1.31. The lowest BCUT2D eigenvalue weighted by atomic mass is 9.95. The van der Waals surface area contributed by atoms with Crippen LogP contribution in [0.5, 0.6) is 0 Å². The predicted molar refractivity (Wildman–Crippen MR) is 114 cm³/mol. The summed E-state index contributed by atoms with van der Waals surface area (Å²) in [5.41, 5.74) is 2.43. The van der Waals surface area contributed by atoms with Crippen molar-refractivity contribution in [3.63, 3.8) is 0 Å². The molecule has 0 aliphatic rings. The molecular weight excluding hydrogens is 350 g/mol. The SMILES string of the molecule is CCCCC(=O)/C(=C/c1ccccc1)C(/C=C/c1ccccc1)NC(=O)OC. The van der Waals surface area contributed by atoms with Gasteiger partial charge in [-0.25, -0.2) is 4.79 Å². The van der Waals surface area contributed by atoms with E-state index in [-0.39, 0.29) is 5.78 Å². The van der Waals surface area contributed by atoms with E-state index in [4.69, 9.17) is 4.74 Å². The van der Waals surface area contributed by atoms with Crippen molar-refractivity contribution in [2.24, 2.45) is 0 Å². The number of methoxy groups -OCH3 is 1. The maximum Gasteiger partial charge on any atom is 0.407 e. The maximum absolute atomic E-state index is 12.9. The van der Waals surface area contributed by atoms with Crippen LogP contribution in [0.25, 0.3) is 12.2 Å². The fraction of sp³-hybridized carbons (Fsp3) is 0.250. The van der Waals surface area contributed by atoms with Crippen LogP contribution in [-0.4, -0.2) is 25.0 Å². The molecule has 0 aliphatic carbocycles. The van der Waals surface area contributed by atoms with Gasteiger partial charge in [0.2, 0.25) is 0 Å². The molecule has 2 rings (SSSR count). The molecule has 0 saturated heterocycles. The number of hydrogen-bond acceptors (Lipinski definition) is 3. The Bertz CT molecular complexity index is 810. The van der Waals surface area contributed by atoms with Gasteiger partial charge in [0.25, 0.3) is 0 Å². The highest BCUT2D eigenvalue weighted by molar-refractivity contribution is 6.01. The number of carbonyl (C=O) groups is 2. The molecule has 1 unspecified atom stereocenters. The third kappa shape index (κ3) is 6.88. The number of Topliss-reactive ketones (excluding diaryl/α,β-unsaturated/α-hetero) is 1. The van der Waals surface area contributed by atoms with Gasteiger partial charge >= 0.3 is 6.09 Å². The number of hydrogen-bond donors (Lipinski definition) is 1. The van der Waals surface area contributed by atoms with E-state index in [0.29, 0.717) is 12.0 Å². The summed E-state index contributed by atoms with van der Waals surface area (Å²) in [6, 6.07) is 18.8. The van der Waals surface area contributed by atoms with Crippen molar-refractivity contribution in [2.45, 2.75) is 32.2 Å². The zero-order valence-electron chi connectivity index (χ0n) is 16.4. The van der Waals surface area contributed by atoms with Crippen molar-refractivity contribution >= 4 is 24.0 Å². The molecule has 0 heterocycles. The Balaban J connectivity index is 2.40. The molecular formula is C24H27NO3. The Morgan fingerprint density at radius 2 is 1.61 bits per heavy atom. The largest absolute Gasteiger partial charge is 0.453 e. The van der Waals surface area contributed by atoms with E-state index in [1.807, 2.05) is 85.8 Å². The molecule has 0 spiro atoms. The molecule has 2 aromatic rings. The highest BCUT2D eigenvalue weighted by Crippen LogP contribution is 2.17. The fourth-order valence-electron chi connectivity index (χ4n) is 2.74. The molecule has 1 amide bonds. The quantitative estimate of drug-likeness (QED) is 0.606. The average Bonchev–Trinajstić information content (AvgIpc) is 2.74. The first kappa shape index (κ1) is 21.2. The lowest BCUT2D eigenvalue weighted by molar-refractivity contribution is -0.115. The minimum Gasteiger partial charge on any atom is -0.453 e. The summed E-state index contributed by atoms with van der Waals surface area (Å²) >= 11 is 0. The van der Waals surface area contributed by atoms with Crippen molar-refractivity contribution in [2.75, 3.05) is 7.11 Å². The van der Waals surface area contributed by atoms with Crippen molar-refractivity contribution < 1.29 is 14.3 Å². The lowest BCUT2D eigenvalue weighted by Gasteiger charge is -2.18. The molecule has 0 aromatic heterocycles. The van der Waals surface area contributed by atoms with Crippen molar-refractivity contribution in [3.8, 4) is 0 Å². The number of nitrogens with one attached hydrogen (secondary N) is 1. The van der Waals surface area contributed by atoms with Crippen LogP contribution in [0.2, 0.25) is 0 Å². The van der Waals surface area contributed by atoms with E-state index in [1.165, 1.54) is 7.11 Å². The number of alkyl carbamates (subject to hydrolysis) is 1. The third-order valence-corrected chi connectivity index (χ3v) is 4.28. The van der Waals surface area contributed by atoms with E-state index >= 15 is 0 Å². The van der Waals surface area contributed by atoms with Crippen LogP contribution in [0.4, 0.5) is 4.79 Å². The predicted octanol–water partition coefficient (Wildman–Crippen LogP) is 5.27. The van der Waals surface area contributed by atoms with Gasteiger partial charge in [0, 0.05) is 12.0 Å². The molecule has 0 bridgehead atoms. The summed E-state index contributed by atoms with van der Waals surface area (Å²) in [5, 5.41) is 2.78. The summed E-state index contributed by atoms with van der Waals surface area (Å²) in [4.78, 5) is 24.9. The number of benzene rings is 2. The first-order chi connectivity index (χ1) is 13.6. The van der Waals surface area contributed by atoms with Gasteiger partial charge in [-0.2, -0.15) is 0 Å². The molecule has 2 aromatic carbocycles. The molecule has 0 radical (unpaired) electrons. The number of ether oxygens (including phenoxy) is 1. The van der Waals surface area contributed by atoms with Gasteiger partial charge in [0.05, 0.1) is 13.2 Å². The molecule has 146 valence electrons. The number of unbranched alkanes of at least 4 members (excludes halogenated alkanes) is 1. The Morgan fingerprint density at radius 3 is 2.18 bits per heavy atom. The Labute approximate surface area is 166 Å². The van der Waals surface area contributed by atoms with Crippen LogP contribution in [0.1, 0.15) is 37.3 Å². The number of carbonyl (C=O) groups excluding carboxylic acids is 2. The second-order valence-electron chi connectivity index (χ2n) is 6.42. The van der Waals surface area contributed by atoms with Crippen LogP contribution in [0, 0.1) is 0 Å². The van der Waals surface area contributed by atoms with Gasteiger partial charge in [-0.15, -0.1) is 0 Å². The molecule has 4 nitrogen and oxygen atoms in total. The van der Waals surface area contributed by atoms with Gasteiger partial charge in [-0.1, -0.05) is 86.2 Å². The normalized spacial score (nSPS) is 12.6. The first-order valence-electron chi connectivity index (χ1n) is 9.51. The van der Waals surface area contributed by atoms with Crippen molar-refractivity contribution in [1.82, 2.24) is 5.32 Å². The zero-order valence-corrected chi connectivity index (χ0v) is 16.4. The van der Waals surface area contributed by atoms with Crippen LogP contribution in [0.15, 0.2) is 72.3 Å². The van der Waals surface area contributed by atoms with Gasteiger partial charge in [0.1, 0.15) is 0 Å². The summed E-state index contributed by atoms with van der Waals surface area (Å²) in [6.07, 6.45) is 7.15. The minimum absolute atomic E-state index is 0.0183. The summed E-state index contributed by atoms with van der Waals surface area (Å²) in [5.74, 6) is 0.0183. The van der Waals surface area contributed by atoms with Gasteiger partial charge in [0.15, 0.2) is 5.78 Å². The van der Waals surface area contributed by atoms with Crippen LogP contribution in [-0.2, 0) is 9.53 Å². The number of ketones is 1. The summed E-state index contributed by atoms with van der Waals surface area (Å²) in [6.45, 7) is 2.05. The van der Waals surface area contributed by atoms with E-state index < -0.39 is 12.1 Å². The fourth-order valence-corrected chi connectivity index (χ4v) is 2.74. The molecule has 1 atom stereocenters.